The Bertz CT molecular complexity index is 424. The molecule has 0 bridgehead atoms. The van der Waals surface area contributed by atoms with Crippen molar-refractivity contribution in [3.63, 3.8) is 0 Å². The Balaban J connectivity index is 2.70. The SMILES string of the molecule is CP(C)(=O)c1c(N)ccc2c1OCO2. The van der Waals surface area contributed by atoms with Crippen molar-refractivity contribution in [1.29, 1.82) is 0 Å². The van der Waals surface area contributed by atoms with E-state index < -0.39 is 7.14 Å². The first-order valence-corrected chi connectivity index (χ1v) is 6.84. The van der Waals surface area contributed by atoms with Crippen molar-refractivity contribution in [2.75, 3.05) is 25.9 Å². The predicted molar refractivity (Wildman–Crippen MR) is 56.1 cm³/mol. The van der Waals surface area contributed by atoms with Crippen molar-refractivity contribution >= 4 is 18.1 Å². The molecule has 0 atom stereocenters. The van der Waals surface area contributed by atoms with Gasteiger partial charge >= 0.3 is 0 Å². The van der Waals surface area contributed by atoms with E-state index in [4.69, 9.17) is 15.2 Å². The normalized spacial score (nSPS) is 14.4. The minimum Gasteiger partial charge on any atom is -0.454 e. The molecule has 0 spiro atoms. The predicted octanol–water partition coefficient (Wildman–Crippen LogP) is 1.25. The van der Waals surface area contributed by atoms with Gasteiger partial charge in [0.15, 0.2) is 11.5 Å². The van der Waals surface area contributed by atoms with Crippen LogP contribution in [-0.2, 0) is 4.57 Å². The molecule has 0 aromatic heterocycles. The van der Waals surface area contributed by atoms with Gasteiger partial charge in [-0.2, -0.15) is 0 Å². The summed E-state index contributed by atoms with van der Waals surface area (Å²) in [5, 5.41) is 0.590. The Morgan fingerprint density at radius 2 is 2.07 bits per heavy atom. The van der Waals surface area contributed by atoms with Gasteiger partial charge in [-0.1, -0.05) is 0 Å². The second-order valence-electron chi connectivity index (χ2n) is 3.59. The summed E-state index contributed by atoms with van der Waals surface area (Å²) in [6, 6.07) is 3.43. The van der Waals surface area contributed by atoms with Crippen LogP contribution in [0.3, 0.4) is 0 Å². The van der Waals surface area contributed by atoms with Gasteiger partial charge < -0.3 is 19.8 Å². The maximum absolute atomic E-state index is 12.0. The third-order valence-corrected chi connectivity index (χ3v) is 3.62. The number of nitrogens with two attached hydrogens (primary N) is 1. The van der Waals surface area contributed by atoms with Gasteiger partial charge in [-0.25, -0.2) is 0 Å². The molecular weight excluding hydrogens is 201 g/mol. The van der Waals surface area contributed by atoms with Crippen LogP contribution in [0, 0.1) is 0 Å². The van der Waals surface area contributed by atoms with Crippen molar-refractivity contribution in [2.45, 2.75) is 0 Å². The van der Waals surface area contributed by atoms with E-state index in [9.17, 15) is 4.57 Å². The fourth-order valence-electron chi connectivity index (χ4n) is 1.53. The lowest BCUT2D eigenvalue weighted by Crippen LogP contribution is -2.11. The molecule has 0 radical (unpaired) electrons. The smallest absolute Gasteiger partial charge is 0.231 e. The minimum absolute atomic E-state index is 0.172. The van der Waals surface area contributed by atoms with Crippen LogP contribution >= 0.6 is 7.14 Å². The highest BCUT2D eigenvalue weighted by Crippen LogP contribution is 2.45. The van der Waals surface area contributed by atoms with E-state index in [0.29, 0.717) is 22.5 Å². The highest BCUT2D eigenvalue weighted by molar-refractivity contribution is 7.70. The summed E-state index contributed by atoms with van der Waals surface area (Å²) in [6.45, 7) is 3.51. The van der Waals surface area contributed by atoms with E-state index in [2.05, 4.69) is 0 Å². The van der Waals surface area contributed by atoms with Crippen LogP contribution in [0.25, 0.3) is 0 Å². The molecule has 1 aliphatic rings. The Labute approximate surface area is 82.4 Å². The number of anilines is 1. The van der Waals surface area contributed by atoms with Crippen molar-refractivity contribution < 1.29 is 14.0 Å². The molecule has 14 heavy (non-hydrogen) atoms. The second kappa shape index (κ2) is 2.92. The Morgan fingerprint density at radius 3 is 2.71 bits per heavy atom. The summed E-state index contributed by atoms with van der Waals surface area (Å²) >= 11 is 0. The lowest BCUT2D eigenvalue weighted by atomic mass is 10.3. The average Bonchev–Trinajstić information content (AvgIpc) is 2.48. The Morgan fingerprint density at radius 1 is 1.36 bits per heavy atom. The molecule has 0 aliphatic carbocycles. The third kappa shape index (κ3) is 1.36. The largest absolute Gasteiger partial charge is 0.454 e. The summed E-state index contributed by atoms with van der Waals surface area (Å²) < 4.78 is 22.4. The van der Waals surface area contributed by atoms with Gasteiger partial charge in [0.25, 0.3) is 0 Å². The molecule has 0 saturated heterocycles. The molecule has 76 valence electrons. The number of nitrogen functional groups attached to an aromatic ring is 1. The van der Waals surface area contributed by atoms with Gasteiger partial charge in [0, 0.05) is 5.69 Å². The van der Waals surface area contributed by atoms with Gasteiger partial charge in [0.1, 0.15) is 7.14 Å². The molecule has 0 unspecified atom stereocenters. The van der Waals surface area contributed by atoms with Gasteiger partial charge in [-0.15, -0.1) is 0 Å². The molecular formula is C9H12NO3P. The standard InChI is InChI=1S/C9H12NO3P/c1-14(2,11)9-6(10)3-4-7-8(9)13-5-12-7/h3-4H,5,10H2,1-2H3. The zero-order valence-corrected chi connectivity index (χ0v) is 9.01. The van der Waals surface area contributed by atoms with Crippen LogP contribution in [0.5, 0.6) is 11.5 Å². The van der Waals surface area contributed by atoms with Crippen LogP contribution in [0.1, 0.15) is 0 Å². The second-order valence-corrected chi connectivity index (χ2v) is 6.74. The molecule has 1 heterocycles. The molecule has 2 rings (SSSR count). The van der Waals surface area contributed by atoms with Crippen LogP contribution < -0.4 is 20.5 Å². The van der Waals surface area contributed by atoms with E-state index >= 15 is 0 Å². The average molecular weight is 213 g/mol. The van der Waals surface area contributed by atoms with Crippen LogP contribution in [-0.4, -0.2) is 20.1 Å². The van der Waals surface area contributed by atoms with Crippen molar-refractivity contribution in [3.8, 4) is 11.5 Å². The zero-order chi connectivity index (χ0) is 10.3. The molecule has 1 aromatic carbocycles. The van der Waals surface area contributed by atoms with Gasteiger partial charge in [-0.3, -0.25) is 0 Å². The first-order chi connectivity index (χ1) is 6.50. The first kappa shape index (κ1) is 9.41. The highest BCUT2D eigenvalue weighted by Gasteiger charge is 2.27. The van der Waals surface area contributed by atoms with E-state index in [-0.39, 0.29) is 6.79 Å². The van der Waals surface area contributed by atoms with Crippen molar-refractivity contribution in [2.24, 2.45) is 0 Å². The summed E-state index contributed by atoms with van der Waals surface area (Å²) in [5.74, 6) is 1.16. The fraction of sp³-hybridized carbons (Fsp3) is 0.333. The summed E-state index contributed by atoms with van der Waals surface area (Å²) in [7, 11) is -2.43. The van der Waals surface area contributed by atoms with Crippen molar-refractivity contribution in [3.05, 3.63) is 12.1 Å². The minimum atomic E-state index is -2.43. The molecule has 0 saturated carbocycles. The van der Waals surface area contributed by atoms with E-state index in [1.165, 1.54) is 0 Å². The van der Waals surface area contributed by atoms with E-state index in [0.717, 1.165) is 0 Å². The van der Waals surface area contributed by atoms with Crippen LogP contribution in [0.4, 0.5) is 5.69 Å². The maximum atomic E-state index is 12.0. The number of ether oxygens (including phenoxy) is 2. The maximum Gasteiger partial charge on any atom is 0.231 e. The quantitative estimate of drug-likeness (QED) is 0.563. The van der Waals surface area contributed by atoms with Gasteiger partial charge in [-0.05, 0) is 25.5 Å². The number of fused-ring (bicyclic) bond motifs is 1. The molecule has 1 aliphatic heterocycles. The highest BCUT2D eigenvalue weighted by atomic mass is 31.2. The fourth-order valence-corrected chi connectivity index (χ4v) is 2.89. The van der Waals surface area contributed by atoms with Crippen molar-refractivity contribution in [1.82, 2.24) is 0 Å². The lowest BCUT2D eigenvalue weighted by molar-refractivity contribution is 0.174. The Hall–Kier alpha value is -1.15. The van der Waals surface area contributed by atoms with Crippen LogP contribution in [0.2, 0.25) is 0 Å². The van der Waals surface area contributed by atoms with Crippen LogP contribution in [0.15, 0.2) is 12.1 Å². The number of hydrogen-bond acceptors (Lipinski definition) is 4. The third-order valence-electron chi connectivity index (χ3n) is 2.08. The molecule has 5 heteroatoms. The number of rotatable bonds is 1. The number of benzene rings is 1. The van der Waals surface area contributed by atoms with Gasteiger partial charge in [0.05, 0.1) is 5.30 Å². The molecule has 2 N–H and O–H groups in total. The molecule has 1 aromatic rings. The monoisotopic (exact) mass is 213 g/mol. The summed E-state index contributed by atoms with van der Waals surface area (Å²) in [4.78, 5) is 0. The number of hydrogen-bond donors (Lipinski definition) is 1. The first-order valence-electron chi connectivity index (χ1n) is 4.24. The molecule has 0 fully saturated rings. The zero-order valence-electron chi connectivity index (χ0n) is 8.11. The van der Waals surface area contributed by atoms with E-state index in [1.54, 1.807) is 25.5 Å². The summed E-state index contributed by atoms with van der Waals surface area (Å²) in [6.07, 6.45) is 0. The molecule has 0 amide bonds. The summed E-state index contributed by atoms with van der Waals surface area (Å²) in [5.41, 5.74) is 6.27. The van der Waals surface area contributed by atoms with E-state index in [1.807, 2.05) is 0 Å². The van der Waals surface area contributed by atoms with Gasteiger partial charge in [0.2, 0.25) is 6.79 Å². The lowest BCUT2D eigenvalue weighted by Gasteiger charge is -2.12. The Kier molecular flexibility index (Phi) is 1.96. The topological polar surface area (TPSA) is 61.6 Å². The molecule has 4 nitrogen and oxygen atoms in total.